The van der Waals surface area contributed by atoms with Gasteiger partial charge in [-0.2, -0.15) is 0 Å². The van der Waals surface area contributed by atoms with Crippen molar-refractivity contribution < 1.29 is 13.9 Å². The molecule has 2 aromatic heterocycles. The summed E-state index contributed by atoms with van der Waals surface area (Å²) < 4.78 is 10.4. The number of carbonyl (C=O) groups is 1. The van der Waals surface area contributed by atoms with Crippen LogP contribution in [-0.2, 0) is 9.53 Å². The van der Waals surface area contributed by atoms with Gasteiger partial charge in [0.1, 0.15) is 5.54 Å². The van der Waals surface area contributed by atoms with Crippen molar-refractivity contribution in [3.05, 3.63) is 18.4 Å². The second-order valence-electron chi connectivity index (χ2n) is 4.61. The average molecular weight is 331 g/mol. The first kappa shape index (κ1) is 15.9. The fourth-order valence-electron chi connectivity index (χ4n) is 1.96. The van der Waals surface area contributed by atoms with Gasteiger partial charge in [0.05, 0.1) is 6.26 Å². The minimum atomic E-state index is -0.894. The van der Waals surface area contributed by atoms with E-state index >= 15 is 0 Å². The normalized spacial score (nSPS) is 17.0. The predicted molar refractivity (Wildman–Crippen MR) is 80.5 cm³/mol. The zero-order valence-electron chi connectivity index (χ0n) is 11.1. The second kappa shape index (κ2) is 6.52. The lowest BCUT2D eigenvalue weighted by Crippen LogP contribution is -2.54. The van der Waals surface area contributed by atoms with Gasteiger partial charge in [-0.05, 0) is 25.0 Å². The number of carbonyl (C=O) groups excluding carboxylic acids is 1. The third-order valence-electron chi connectivity index (χ3n) is 3.21. The summed E-state index contributed by atoms with van der Waals surface area (Å²) in [6.07, 6.45) is 2.57. The number of aromatic nitrogens is 2. The summed E-state index contributed by atoms with van der Waals surface area (Å²) in [6.45, 7) is 0.995. The van der Waals surface area contributed by atoms with Gasteiger partial charge in [-0.1, -0.05) is 11.3 Å². The van der Waals surface area contributed by atoms with Gasteiger partial charge in [-0.15, -0.1) is 22.6 Å². The summed E-state index contributed by atoms with van der Waals surface area (Å²) in [4.78, 5) is 12.2. The fourth-order valence-corrected chi connectivity index (χ4v) is 2.66. The Morgan fingerprint density at radius 2 is 2.14 bits per heavy atom. The lowest BCUT2D eigenvalue weighted by molar-refractivity contribution is -0.124. The molecule has 3 N–H and O–H groups in total. The summed E-state index contributed by atoms with van der Waals surface area (Å²) in [5.74, 6) is 0.375. The maximum Gasteiger partial charge on any atom is 0.246 e. The molecule has 3 rings (SSSR count). The van der Waals surface area contributed by atoms with Crippen LogP contribution < -0.4 is 11.1 Å². The summed E-state index contributed by atoms with van der Waals surface area (Å²) in [6, 6.07) is 3.56. The van der Waals surface area contributed by atoms with Crippen LogP contribution in [0.15, 0.2) is 22.8 Å². The average Bonchev–Trinajstić information content (AvgIpc) is 3.09. The number of nitrogens with one attached hydrogen (secondary N) is 1. The highest BCUT2D eigenvalue weighted by Crippen LogP contribution is 2.27. The Balaban J connectivity index is 0.00000161. The van der Waals surface area contributed by atoms with Crippen molar-refractivity contribution in [2.75, 3.05) is 18.5 Å². The van der Waals surface area contributed by atoms with Gasteiger partial charge in [0, 0.05) is 13.2 Å². The van der Waals surface area contributed by atoms with E-state index in [-0.39, 0.29) is 18.3 Å². The molecule has 0 atom stereocenters. The van der Waals surface area contributed by atoms with Crippen LogP contribution in [0, 0.1) is 0 Å². The van der Waals surface area contributed by atoms with E-state index in [1.165, 1.54) is 11.3 Å². The quantitative estimate of drug-likeness (QED) is 0.887. The largest absolute Gasteiger partial charge is 0.462 e. The van der Waals surface area contributed by atoms with E-state index in [2.05, 4.69) is 15.5 Å². The zero-order chi connectivity index (χ0) is 14.0. The lowest BCUT2D eigenvalue weighted by atomic mass is 9.90. The molecule has 2 aromatic rings. The van der Waals surface area contributed by atoms with E-state index in [9.17, 15) is 4.79 Å². The number of nitrogens with zero attached hydrogens (tertiary/aromatic N) is 2. The first-order valence-electron chi connectivity index (χ1n) is 6.23. The standard InChI is InChI=1S/C12H14N4O3S.ClH/c13-12(3-6-18-7-4-12)10(17)14-11-16-15-9(20-11)8-2-1-5-19-8;/h1-2,5H,3-4,6-7,13H2,(H,14,16,17);1H. The number of furan rings is 1. The Morgan fingerprint density at radius 1 is 1.38 bits per heavy atom. The highest BCUT2D eigenvalue weighted by atomic mass is 35.5. The van der Waals surface area contributed by atoms with Crippen LogP contribution in [0.3, 0.4) is 0 Å². The van der Waals surface area contributed by atoms with Gasteiger partial charge in [0.2, 0.25) is 11.0 Å². The van der Waals surface area contributed by atoms with Gasteiger partial charge >= 0.3 is 0 Å². The van der Waals surface area contributed by atoms with E-state index < -0.39 is 5.54 Å². The number of amides is 1. The highest BCUT2D eigenvalue weighted by molar-refractivity contribution is 7.18. The maximum atomic E-state index is 12.2. The van der Waals surface area contributed by atoms with Gasteiger partial charge in [0.25, 0.3) is 0 Å². The number of hydrogen-bond donors (Lipinski definition) is 2. The van der Waals surface area contributed by atoms with Crippen molar-refractivity contribution >= 4 is 34.8 Å². The molecule has 0 aromatic carbocycles. The van der Waals surface area contributed by atoms with Gasteiger partial charge in [0.15, 0.2) is 10.8 Å². The molecule has 21 heavy (non-hydrogen) atoms. The third-order valence-corrected chi connectivity index (χ3v) is 4.07. The van der Waals surface area contributed by atoms with Crippen LogP contribution in [0.25, 0.3) is 10.8 Å². The second-order valence-corrected chi connectivity index (χ2v) is 5.59. The van der Waals surface area contributed by atoms with E-state index in [0.29, 0.717) is 42.0 Å². The molecule has 0 saturated carbocycles. The van der Waals surface area contributed by atoms with E-state index in [0.717, 1.165) is 0 Å². The van der Waals surface area contributed by atoms with Gasteiger partial charge in [-0.25, -0.2) is 0 Å². The number of ether oxygens (including phenoxy) is 1. The number of rotatable bonds is 3. The molecular formula is C12H15ClN4O3S. The summed E-state index contributed by atoms with van der Waals surface area (Å²) in [5.41, 5.74) is 5.20. The molecule has 0 radical (unpaired) electrons. The van der Waals surface area contributed by atoms with E-state index in [1.807, 2.05) is 0 Å². The van der Waals surface area contributed by atoms with Crippen molar-refractivity contribution in [1.29, 1.82) is 0 Å². The first-order chi connectivity index (χ1) is 9.67. The van der Waals surface area contributed by atoms with Crippen LogP contribution in [0.4, 0.5) is 5.13 Å². The molecule has 0 bridgehead atoms. The molecule has 3 heterocycles. The minimum absolute atomic E-state index is 0. The topological polar surface area (TPSA) is 103 Å². The Hall–Kier alpha value is -1.48. The summed E-state index contributed by atoms with van der Waals surface area (Å²) >= 11 is 1.25. The molecular weight excluding hydrogens is 316 g/mol. The fraction of sp³-hybridized carbons (Fsp3) is 0.417. The molecule has 1 aliphatic rings. The van der Waals surface area contributed by atoms with Crippen LogP contribution in [0.1, 0.15) is 12.8 Å². The molecule has 1 fully saturated rings. The number of nitrogens with two attached hydrogens (primary N) is 1. The molecule has 1 amide bonds. The molecule has 1 aliphatic heterocycles. The Bertz CT molecular complexity index is 595. The maximum absolute atomic E-state index is 12.2. The van der Waals surface area contributed by atoms with Crippen molar-refractivity contribution in [3.63, 3.8) is 0 Å². The van der Waals surface area contributed by atoms with Crippen molar-refractivity contribution in [1.82, 2.24) is 10.2 Å². The SMILES string of the molecule is Cl.NC1(C(=O)Nc2nnc(-c3ccco3)s2)CCOCC1. The molecule has 0 aliphatic carbocycles. The molecule has 7 nitrogen and oxygen atoms in total. The van der Waals surface area contributed by atoms with E-state index in [4.69, 9.17) is 14.9 Å². The Morgan fingerprint density at radius 3 is 2.81 bits per heavy atom. The van der Waals surface area contributed by atoms with Gasteiger partial charge < -0.3 is 14.9 Å². The van der Waals surface area contributed by atoms with Crippen LogP contribution >= 0.6 is 23.7 Å². The van der Waals surface area contributed by atoms with Crippen molar-refractivity contribution in [2.45, 2.75) is 18.4 Å². The third kappa shape index (κ3) is 3.41. The molecule has 1 saturated heterocycles. The van der Waals surface area contributed by atoms with Gasteiger partial charge in [-0.3, -0.25) is 10.1 Å². The molecule has 9 heteroatoms. The molecule has 0 unspecified atom stereocenters. The Labute approximate surface area is 131 Å². The summed E-state index contributed by atoms with van der Waals surface area (Å²) in [5, 5.41) is 11.6. The van der Waals surface area contributed by atoms with Crippen LogP contribution in [0.5, 0.6) is 0 Å². The summed E-state index contributed by atoms with van der Waals surface area (Å²) in [7, 11) is 0. The number of halogens is 1. The molecule has 114 valence electrons. The Kier molecular flexibility index (Phi) is 4.94. The first-order valence-corrected chi connectivity index (χ1v) is 7.04. The smallest absolute Gasteiger partial charge is 0.246 e. The number of anilines is 1. The van der Waals surface area contributed by atoms with Crippen molar-refractivity contribution in [3.8, 4) is 10.8 Å². The predicted octanol–water partition coefficient (Wildman–Crippen LogP) is 1.67. The van der Waals surface area contributed by atoms with E-state index in [1.54, 1.807) is 18.4 Å². The zero-order valence-corrected chi connectivity index (χ0v) is 12.7. The number of hydrogen-bond acceptors (Lipinski definition) is 7. The van der Waals surface area contributed by atoms with Crippen LogP contribution in [0.2, 0.25) is 0 Å². The minimum Gasteiger partial charge on any atom is -0.462 e. The highest BCUT2D eigenvalue weighted by Gasteiger charge is 2.36. The molecule has 0 spiro atoms. The van der Waals surface area contributed by atoms with Crippen molar-refractivity contribution in [2.24, 2.45) is 5.73 Å². The van der Waals surface area contributed by atoms with Crippen LogP contribution in [-0.4, -0.2) is 34.9 Å². The lowest BCUT2D eigenvalue weighted by Gasteiger charge is -2.31. The monoisotopic (exact) mass is 330 g/mol.